The number of ether oxygens (including phenoxy) is 1. The van der Waals surface area contributed by atoms with Crippen molar-refractivity contribution in [3.05, 3.63) is 28.2 Å². The first kappa shape index (κ1) is 13.7. The molecule has 0 aliphatic carbocycles. The summed E-state index contributed by atoms with van der Waals surface area (Å²) in [6, 6.07) is 5.74. The van der Waals surface area contributed by atoms with Crippen molar-refractivity contribution in [2.45, 2.75) is 20.8 Å². The average Bonchev–Trinajstić information content (AvgIpc) is 2.31. The number of benzene rings is 1. The Hall–Kier alpha value is -1.36. The van der Waals surface area contributed by atoms with Crippen molar-refractivity contribution in [2.75, 3.05) is 12.0 Å². The molecule has 0 radical (unpaired) electrons. The molecule has 0 atom stereocenters. The van der Waals surface area contributed by atoms with Crippen LogP contribution in [0, 0.1) is 6.92 Å². The van der Waals surface area contributed by atoms with Crippen LogP contribution in [0.1, 0.15) is 19.4 Å². The van der Waals surface area contributed by atoms with Crippen LogP contribution in [-0.2, 0) is 9.53 Å². The molecule has 0 saturated heterocycles. The van der Waals surface area contributed by atoms with Crippen LogP contribution in [0.4, 0.5) is 5.69 Å². The van der Waals surface area contributed by atoms with Gasteiger partial charge in [0, 0.05) is 4.47 Å². The molecule has 92 valence electrons. The summed E-state index contributed by atoms with van der Waals surface area (Å²) >= 11 is 3.43. The number of carbonyl (C=O) groups is 1. The van der Waals surface area contributed by atoms with Gasteiger partial charge in [0.2, 0.25) is 0 Å². The molecule has 0 saturated carbocycles. The molecule has 1 N–H and O–H groups in total. The highest BCUT2D eigenvalue weighted by Gasteiger charge is 2.06. The third-order valence-corrected chi connectivity index (χ3v) is 3.04. The van der Waals surface area contributed by atoms with Crippen molar-refractivity contribution in [3.8, 4) is 0 Å². The van der Waals surface area contributed by atoms with E-state index in [0.717, 1.165) is 15.7 Å². The zero-order valence-electron chi connectivity index (χ0n) is 10.1. The quantitative estimate of drug-likeness (QED) is 0.528. The highest BCUT2D eigenvalue weighted by molar-refractivity contribution is 9.10. The molecule has 0 heterocycles. The van der Waals surface area contributed by atoms with E-state index in [9.17, 15) is 4.79 Å². The van der Waals surface area contributed by atoms with Gasteiger partial charge in [0.25, 0.3) is 0 Å². The molecule has 0 spiro atoms. The fraction of sp³-hybridized carbons (Fsp3) is 0.333. The largest absolute Gasteiger partial charge is 0.461 e. The normalized spacial score (nSPS) is 11.2. The summed E-state index contributed by atoms with van der Waals surface area (Å²) < 4.78 is 5.82. The number of hydrazone groups is 1. The Kier molecular flexibility index (Phi) is 5.15. The first-order valence-corrected chi connectivity index (χ1v) is 6.08. The molecule has 0 unspecified atom stereocenters. The van der Waals surface area contributed by atoms with Crippen LogP contribution in [-0.4, -0.2) is 18.3 Å². The number of nitrogens with zero attached hydrogens (tertiary/aromatic N) is 1. The van der Waals surface area contributed by atoms with Crippen molar-refractivity contribution < 1.29 is 9.53 Å². The van der Waals surface area contributed by atoms with Crippen molar-refractivity contribution in [2.24, 2.45) is 5.10 Å². The van der Waals surface area contributed by atoms with E-state index in [1.807, 2.05) is 25.1 Å². The Balaban J connectivity index is 2.75. The number of hydrogen-bond donors (Lipinski definition) is 1. The lowest BCUT2D eigenvalue weighted by molar-refractivity contribution is -0.135. The lowest BCUT2D eigenvalue weighted by Gasteiger charge is -2.07. The first-order valence-electron chi connectivity index (χ1n) is 5.28. The molecule has 1 rings (SSSR count). The standard InChI is InChI=1S/C12H15BrN2O2/c1-4-17-12(16)9(3)14-15-11-7-5-6-10(13)8(11)2/h5-7,15H,4H2,1-3H3. The lowest BCUT2D eigenvalue weighted by atomic mass is 10.2. The third kappa shape index (κ3) is 3.85. The van der Waals surface area contributed by atoms with E-state index >= 15 is 0 Å². The highest BCUT2D eigenvalue weighted by atomic mass is 79.9. The summed E-state index contributed by atoms with van der Waals surface area (Å²) in [5.41, 5.74) is 5.03. The number of rotatable bonds is 4. The molecule has 0 aromatic heterocycles. The maximum atomic E-state index is 11.3. The van der Waals surface area contributed by atoms with Gasteiger partial charge in [-0.05, 0) is 38.5 Å². The summed E-state index contributed by atoms with van der Waals surface area (Å²) in [6.45, 7) is 5.68. The predicted octanol–water partition coefficient (Wildman–Crippen LogP) is 3.11. The minimum atomic E-state index is -0.410. The predicted molar refractivity (Wildman–Crippen MR) is 72.2 cm³/mol. The van der Waals surface area contributed by atoms with Gasteiger partial charge < -0.3 is 4.74 Å². The Bertz CT molecular complexity index is 444. The molecule has 1 aromatic carbocycles. The molecule has 0 aliphatic rings. The Morgan fingerprint density at radius 3 is 2.88 bits per heavy atom. The highest BCUT2D eigenvalue weighted by Crippen LogP contribution is 2.23. The van der Waals surface area contributed by atoms with E-state index < -0.39 is 5.97 Å². The van der Waals surface area contributed by atoms with Crippen LogP contribution >= 0.6 is 15.9 Å². The molecule has 0 amide bonds. The van der Waals surface area contributed by atoms with Gasteiger partial charge in [0.05, 0.1) is 12.3 Å². The second-order valence-corrected chi connectivity index (χ2v) is 4.30. The van der Waals surface area contributed by atoms with E-state index in [4.69, 9.17) is 4.74 Å². The van der Waals surface area contributed by atoms with Gasteiger partial charge in [-0.3, -0.25) is 5.43 Å². The third-order valence-electron chi connectivity index (χ3n) is 2.18. The summed E-state index contributed by atoms with van der Waals surface area (Å²) in [5.74, 6) is -0.410. The van der Waals surface area contributed by atoms with Gasteiger partial charge in [-0.25, -0.2) is 4.79 Å². The molecule has 4 nitrogen and oxygen atoms in total. The zero-order chi connectivity index (χ0) is 12.8. The van der Waals surface area contributed by atoms with Crippen molar-refractivity contribution in [1.82, 2.24) is 0 Å². The van der Waals surface area contributed by atoms with Gasteiger partial charge in [-0.1, -0.05) is 22.0 Å². The number of halogens is 1. The van der Waals surface area contributed by atoms with Gasteiger partial charge in [-0.15, -0.1) is 0 Å². The second-order valence-electron chi connectivity index (χ2n) is 3.44. The van der Waals surface area contributed by atoms with Crippen LogP contribution in [0.5, 0.6) is 0 Å². The lowest BCUT2D eigenvalue weighted by Crippen LogP contribution is -2.15. The Labute approximate surface area is 109 Å². The van der Waals surface area contributed by atoms with Gasteiger partial charge in [-0.2, -0.15) is 5.10 Å². The zero-order valence-corrected chi connectivity index (χ0v) is 11.7. The number of anilines is 1. The number of hydrogen-bond acceptors (Lipinski definition) is 4. The number of carbonyl (C=O) groups excluding carboxylic acids is 1. The minimum absolute atomic E-state index is 0.297. The molecule has 0 aliphatic heterocycles. The van der Waals surface area contributed by atoms with Crippen molar-refractivity contribution in [1.29, 1.82) is 0 Å². The van der Waals surface area contributed by atoms with E-state index in [1.54, 1.807) is 13.8 Å². The van der Waals surface area contributed by atoms with Crippen molar-refractivity contribution in [3.63, 3.8) is 0 Å². The van der Waals surface area contributed by atoms with Crippen molar-refractivity contribution >= 4 is 33.3 Å². The minimum Gasteiger partial charge on any atom is -0.461 e. The van der Waals surface area contributed by atoms with Crippen LogP contribution < -0.4 is 5.43 Å². The average molecular weight is 299 g/mol. The first-order chi connectivity index (χ1) is 8.06. The maximum Gasteiger partial charge on any atom is 0.354 e. The summed E-state index contributed by atoms with van der Waals surface area (Å²) in [5, 5.41) is 3.99. The molecule has 1 aromatic rings. The van der Waals surface area contributed by atoms with E-state index in [0.29, 0.717) is 12.3 Å². The molecular weight excluding hydrogens is 284 g/mol. The summed E-state index contributed by atoms with van der Waals surface area (Å²) in [6.07, 6.45) is 0. The Morgan fingerprint density at radius 2 is 2.24 bits per heavy atom. The number of esters is 1. The SMILES string of the molecule is CCOC(=O)C(C)=NNc1cccc(Br)c1C. The Morgan fingerprint density at radius 1 is 1.53 bits per heavy atom. The van der Waals surface area contributed by atoms with Crippen LogP contribution in [0.3, 0.4) is 0 Å². The fourth-order valence-electron chi connectivity index (χ4n) is 1.15. The molecule has 0 fully saturated rings. The summed E-state index contributed by atoms with van der Waals surface area (Å²) in [7, 11) is 0. The molecule has 5 heteroatoms. The van der Waals surface area contributed by atoms with Gasteiger partial charge >= 0.3 is 5.97 Å². The molecule has 17 heavy (non-hydrogen) atoms. The second kappa shape index (κ2) is 6.39. The van der Waals surface area contributed by atoms with Crippen LogP contribution in [0.15, 0.2) is 27.8 Å². The van der Waals surface area contributed by atoms with E-state index in [-0.39, 0.29) is 0 Å². The fourth-order valence-corrected chi connectivity index (χ4v) is 1.52. The van der Waals surface area contributed by atoms with E-state index in [1.165, 1.54) is 0 Å². The monoisotopic (exact) mass is 298 g/mol. The van der Waals surface area contributed by atoms with Gasteiger partial charge in [0.15, 0.2) is 0 Å². The van der Waals surface area contributed by atoms with Crippen LogP contribution in [0.25, 0.3) is 0 Å². The maximum absolute atomic E-state index is 11.3. The topological polar surface area (TPSA) is 50.7 Å². The molecule has 0 bridgehead atoms. The van der Waals surface area contributed by atoms with Gasteiger partial charge in [0.1, 0.15) is 5.71 Å². The summed E-state index contributed by atoms with van der Waals surface area (Å²) in [4.78, 5) is 11.3. The smallest absolute Gasteiger partial charge is 0.354 e. The van der Waals surface area contributed by atoms with Crippen LogP contribution in [0.2, 0.25) is 0 Å². The number of nitrogens with one attached hydrogen (secondary N) is 1. The molecular formula is C12H15BrN2O2. The van der Waals surface area contributed by atoms with E-state index in [2.05, 4.69) is 26.5 Å².